The monoisotopic (exact) mass is 360 g/mol. The summed E-state index contributed by atoms with van der Waals surface area (Å²) in [6.45, 7) is 1.98. The molecule has 4 rings (SSSR count). The summed E-state index contributed by atoms with van der Waals surface area (Å²) in [4.78, 5) is 39.1. The van der Waals surface area contributed by atoms with Gasteiger partial charge in [-0.1, -0.05) is 37.3 Å². The zero-order chi connectivity index (χ0) is 19.0. The van der Waals surface area contributed by atoms with Crippen molar-refractivity contribution in [3.05, 3.63) is 72.3 Å². The van der Waals surface area contributed by atoms with Crippen LogP contribution in [-0.2, 0) is 9.59 Å². The maximum absolute atomic E-state index is 12.8. The van der Waals surface area contributed by atoms with E-state index in [4.69, 9.17) is 0 Å². The predicted molar refractivity (Wildman–Crippen MR) is 103 cm³/mol. The zero-order valence-corrected chi connectivity index (χ0v) is 15.0. The minimum atomic E-state index is -0.278. The first-order valence-corrected chi connectivity index (χ1v) is 9.07. The van der Waals surface area contributed by atoms with E-state index in [1.165, 1.54) is 4.90 Å². The Labute approximate surface area is 157 Å². The number of hydrogen-bond acceptors (Lipinski definition) is 3. The molecule has 0 aromatic heterocycles. The highest BCUT2D eigenvalue weighted by Gasteiger charge is 2.50. The molecular formula is C22H20N2O3. The molecule has 2 aromatic carbocycles. The summed E-state index contributed by atoms with van der Waals surface area (Å²) in [6, 6.07) is 15.8. The number of benzene rings is 2. The lowest BCUT2D eigenvalue weighted by molar-refractivity contribution is -0.122. The summed E-state index contributed by atoms with van der Waals surface area (Å²) in [5, 5.41) is 2.82. The van der Waals surface area contributed by atoms with E-state index < -0.39 is 0 Å². The second-order valence-electron chi connectivity index (χ2n) is 7.03. The first-order chi connectivity index (χ1) is 13.1. The molecule has 2 aliphatic rings. The van der Waals surface area contributed by atoms with E-state index in [0.29, 0.717) is 23.4 Å². The average Bonchev–Trinajstić information content (AvgIpc) is 2.95. The van der Waals surface area contributed by atoms with Crippen molar-refractivity contribution >= 4 is 29.1 Å². The number of fused-ring (bicyclic) bond motifs is 1. The van der Waals surface area contributed by atoms with Crippen LogP contribution in [0.5, 0.6) is 0 Å². The van der Waals surface area contributed by atoms with Gasteiger partial charge in [0.25, 0.3) is 5.91 Å². The fourth-order valence-electron chi connectivity index (χ4n) is 3.89. The first-order valence-electron chi connectivity index (χ1n) is 9.07. The average molecular weight is 360 g/mol. The highest BCUT2D eigenvalue weighted by atomic mass is 16.2. The molecule has 0 radical (unpaired) electrons. The Bertz CT molecular complexity index is 918. The fourth-order valence-corrected chi connectivity index (χ4v) is 3.89. The number of amides is 3. The van der Waals surface area contributed by atoms with E-state index in [1.807, 2.05) is 25.1 Å². The van der Waals surface area contributed by atoms with Crippen LogP contribution in [0.25, 0.3) is 0 Å². The van der Waals surface area contributed by atoms with Crippen molar-refractivity contribution in [2.45, 2.75) is 13.3 Å². The van der Waals surface area contributed by atoms with E-state index in [9.17, 15) is 14.4 Å². The van der Waals surface area contributed by atoms with Crippen molar-refractivity contribution in [2.75, 3.05) is 10.2 Å². The Morgan fingerprint density at radius 3 is 2.37 bits per heavy atom. The molecule has 1 fully saturated rings. The van der Waals surface area contributed by atoms with Gasteiger partial charge in [0, 0.05) is 11.3 Å². The van der Waals surface area contributed by atoms with Gasteiger partial charge in [-0.15, -0.1) is 0 Å². The molecule has 1 saturated heterocycles. The number of allylic oxidation sites excluding steroid dienone is 2. The molecule has 1 aliphatic carbocycles. The third kappa shape index (κ3) is 3.05. The van der Waals surface area contributed by atoms with Crippen LogP contribution in [0, 0.1) is 17.8 Å². The molecule has 5 heteroatoms. The summed E-state index contributed by atoms with van der Waals surface area (Å²) in [6.07, 6.45) is 4.61. The largest absolute Gasteiger partial charge is 0.322 e. The number of hydrogen-bond donors (Lipinski definition) is 1. The van der Waals surface area contributed by atoms with Gasteiger partial charge in [-0.2, -0.15) is 0 Å². The van der Waals surface area contributed by atoms with E-state index in [1.54, 1.807) is 48.5 Å². The molecule has 3 atom stereocenters. The lowest BCUT2D eigenvalue weighted by Gasteiger charge is -2.22. The molecule has 1 N–H and O–H groups in total. The van der Waals surface area contributed by atoms with E-state index in [0.717, 1.165) is 0 Å². The standard InChI is InChI=1S/C22H20N2O3/c1-14-6-5-9-18-19(14)22(27)24(21(18)26)17-12-10-16(11-13-17)23-20(25)15-7-3-2-4-8-15/h2-8,10-14,18-19H,9H2,1H3,(H,23,25)/t14-,18-,19-/m1/s1. The molecule has 27 heavy (non-hydrogen) atoms. The van der Waals surface area contributed by atoms with Crippen LogP contribution in [0.2, 0.25) is 0 Å². The van der Waals surface area contributed by atoms with Gasteiger partial charge in [0.1, 0.15) is 0 Å². The van der Waals surface area contributed by atoms with Gasteiger partial charge < -0.3 is 5.32 Å². The molecule has 136 valence electrons. The number of rotatable bonds is 3. The molecule has 1 aliphatic heterocycles. The van der Waals surface area contributed by atoms with Crippen molar-refractivity contribution in [1.29, 1.82) is 0 Å². The van der Waals surface area contributed by atoms with Crippen molar-refractivity contribution in [3.63, 3.8) is 0 Å². The maximum Gasteiger partial charge on any atom is 0.255 e. The molecule has 2 aromatic rings. The molecule has 0 unspecified atom stereocenters. The Hall–Kier alpha value is -3.21. The normalized spacial score (nSPS) is 24.0. The third-order valence-electron chi connectivity index (χ3n) is 5.29. The van der Waals surface area contributed by atoms with Crippen LogP contribution in [0.1, 0.15) is 23.7 Å². The van der Waals surface area contributed by atoms with Gasteiger partial charge in [-0.25, -0.2) is 0 Å². The number of anilines is 2. The molecule has 0 bridgehead atoms. The lowest BCUT2D eigenvalue weighted by Crippen LogP contribution is -2.31. The first kappa shape index (κ1) is 17.2. The van der Waals surface area contributed by atoms with Gasteiger partial charge >= 0.3 is 0 Å². The SMILES string of the molecule is C[C@@H]1C=CC[C@H]2C(=O)N(c3ccc(NC(=O)c4ccccc4)cc3)C(=O)[C@H]12. The summed E-state index contributed by atoms with van der Waals surface area (Å²) >= 11 is 0. The van der Waals surface area contributed by atoms with E-state index >= 15 is 0 Å². The van der Waals surface area contributed by atoms with Gasteiger partial charge in [0.05, 0.1) is 17.5 Å². The summed E-state index contributed by atoms with van der Waals surface area (Å²) in [5.41, 5.74) is 1.72. The molecular weight excluding hydrogens is 340 g/mol. The Morgan fingerprint density at radius 2 is 1.70 bits per heavy atom. The van der Waals surface area contributed by atoms with Crippen LogP contribution in [-0.4, -0.2) is 17.7 Å². The maximum atomic E-state index is 12.8. The highest BCUT2D eigenvalue weighted by Crippen LogP contribution is 2.40. The minimum absolute atomic E-state index is 0.0645. The van der Waals surface area contributed by atoms with Crippen molar-refractivity contribution in [1.82, 2.24) is 0 Å². The second-order valence-corrected chi connectivity index (χ2v) is 7.03. The molecule has 0 spiro atoms. The number of carbonyl (C=O) groups excluding carboxylic acids is 3. The minimum Gasteiger partial charge on any atom is -0.322 e. The number of nitrogens with zero attached hydrogens (tertiary/aromatic N) is 1. The van der Waals surface area contributed by atoms with Crippen LogP contribution in [0.15, 0.2) is 66.7 Å². The molecule has 3 amide bonds. The van der Waals surface area contributed by atoms with Crippen molar-refractivity contribution < 1.29 is 14.4 Å². The number of carbonyl (C=O) groups is 3. The summed E-state index contributed by atoms with van der Waals surface area (Å²) in [5.74, 6) is -0.961. The molecule has 1 heterocycles. The highest BCUT2D eigenvalue weighted by molar-refractivity contribution is 6.22. The van der Waals surface area contributed by atoms with Gasteiger partial charge in [0.15, 0.2) is 0 Å². The smallest absolute Gasteiger partial charge is 0.255 e. The second kappa shape index (κ2) is 6.83. The topological polar surface area (TPSA) is 66.5 Å². The summed E-state index contributed by atoms with van der Waals surface area (Å²) < 4.78 is 0. The van der Waals surface area contributed by atoms with Crippen molar-refractivity contribution in [2.24, 2.45) is 17.8 Å². The Balaban J connectivity index is 1.52. The predicted octanol–water partition coefficient (Wildman–Crippen LogP) is 3.64. The van der Waals surface area contributed by atoms with Crippen LogP contribution >= 0.6 is 0 Å². The third-order valence-corrected chi connectivity index (χ3v) is 5.29. The van der Waals surface area contributed by atoms with Gasteiger partial charge in [0.2, 0.25) is 11.8 Å². The van der Waals surface area contributed by atoms with Gasteiger partial charge in [-0.05, 0) is 48.7 Å². The molecule has 5 nitrogen and oxygen atoms in total. The summed E-state index contributed by atoms with van der Waals surface area (Å²) in [7, 11) is 0. The number of imide groups is 1. The number of nitrogens with one attached hydrogen (secondary N) is 1. The van der Waals surface area contributed by atoms with Crippen LogP contribution in [0.3, 0.4) is 0 Å². The quantitative estimate of drug-likeness (QED) is 0.671. The fraction of sp³-hybridized carbons (Fsp3) is 0.227. The molecule has 0 saturated carbocycles. The van der Waals surface area contributed by atoms with Crippen molar-refractivity contribution in [3.8, 4) is 0 Å². The van der Waals surface area contributed by atoms with Crippen LogP contribution in [0.4, 0.5) is 11.4 Å². The zero-order valence-electron chi connectivity index (χ0n) is 15.0. The van der Waals surface area contributed by atoms with E-state index in [-0.39, 0.29) is 35.5 Å². The van der Waals surface area contributed by atoms with Crippen LogP contribution < -0.4 is 10.2 Å². The van der Waals surface area contributed by atoms with E-state index in [2.05, 4.69) is 5.32 Å². The Morgan fingerprint density at radius 1 is 1.00 bits per heavy atom. The lowest BCUT2D eigenvalue weighted by atomic mass is 9.78. The Kier molecular flexibility index (Phi) is 4.36. The van der Waals surface area contributed by atoms with Gasteiger partial charge in [-0.3, -0.25) is 19.3 Å².